The summed E-state index contributed by atoms with van der Waals surface area (Å²) in [6.45, 7) is 1.08. The summed E-state index contributed by atoms with van der Waals surface area (Å²) in [7, 11) is 4.86. The number of rotatable bonds is 6. The van der Waals surface area contributed by atoms with Crippen LogP contribution in [0.25, 0.3) is 10.2 Å². The van der Waals surface area contributed by atoms with Crippen molar-refractivity contribution in [1.82, 2.24) is 4.57 Å². The Hall–Kier alpha value is -2.64. The third-order valence-electron chi connectivity index (χ3n) is 3.94. The largest absolute Gasteiger partial charge is 0.497 e. The number of nitrogens with zero attached hydrogens (tertiary/aromatic N) is 2. The highest BCUT2D eigenvalue weighted by molar-refractivity contribution is 7.16. The summed E-state index contributed by atoms with van der Waals surface area (Å²) in [6.07, 6.45) is 0. The molecular weight excluding hydrogens is 352 g/mol. The maximum Gasteiger partial charge on any atom is 0.279 e. The van der Waals surface area contributed by atoms with Crippen molar-refractivity contribution in [2.24, 2.45) is 4.99 Å². The Bertz CT molecular complexity index is 973. The fraction of sp³-hybridized carbons (Fsp3) is 0.263. The molecule has 3 rings (SSSR count). The zero-order chi connectivity index (χ0) is 18.5. The summed E-state index contributed by atoms with van der Waals surface area (Å²) in [4.78, 5) is 17.5. The first kappa shape index (κ1) is 18.2. The van der Waals surface area contributed by atoms with Gasteiger partial charge in [-0.25, -0.2) is 0 Å². The predicted octanol–water partition coefficient (Wildman–Crippen LogP) is 3.11. The van der Waals surface area contributed by atoms with E-state index >= 15 is 0 Å². The van der Waals surface area contributed by atoms with Gasteiger partial charge in [-0.05, 0) is 36.4 Å². The van der Waals surface area contributed by atoms with E-state index in [2.05, 4.69) is 4.99 Å². The van der Waals surface area contributed by atoms with Crippen LogP contribution in [-0.2, 0) is 11.3 Å². The Kier molecular flexibility index (Phi) is 5.70. The van der Waals surface area contributed by atoms with Crippen molar-refractivity contribution >= 4 is 27.5 Å². The van der Waals surface area contributed by atoms with Gasteiger partial charge >= 0.3 is 0 Å². The molecule has 0 aliphatic carbocycles. The summed E-state index contributed by atoms with van der Waals surface area (Å²) in [5.41, 5.74) is 1.42. The molecule has 2 aromatic carbocycles. The number of fused-ring (bicyclic) bond motifs is 1. The van der Waals surface area contributed by atoms with E-state index in [1.165, 1.54) is 11.3 Å². The topological polar surface area (TPSA) is 62.1 Å². The second-order valence-electron chi connectivity index (χ2n) is 5.48. The number of hydrogen-bond donors (Lipinski definition) is 0. The van der Waals surface area contributed by atoms with Crippen LogP contribution in [0, 0.1) is 0 Å². The summed E-state index contributed by atoms with van der Waals surface area (Å²) in [6, 6.07) is 12.7. The van der Waals surface area contributed by atoms with Crippen molar-refractivity contribution in [3.63, 3.8) is 0 Å². The van der Waals surface area contributed by atoms with Crippen molar-refractivity contribution in [1.29, 1.82) is 0 Å². The highest BCUT2D eigenvalue weighted by atomic mass is 32.1. The van der Waals surface area contributed by atoms with Gasteiger partial charge in [0.05, 0.1) is 25.5 Å². The van der Waals surface area contributed by atoms with Crippen LogP contribution in [0.3, 0.4) is 0 Å². The molecule has 0 unspecified atom stereocenters. The van der Waals surface area contributed by atoms with E-state index in [9.17, 15) is 4.79 Å². The number of methoxy groups -OCH3 is 3. The number of benzene rings is 2. The van der Waals surface area contributed by atoms with Crippen LogP contribution in [-0.4, -0.2) is 38.4 Å². The van der Waals surface area contributed by atoms with Crippen LogP contribution in [0.2, 0.25) is 0 Å². The van der Waals surface area contributed by atoms with Gasteiger partial charge in [0, 0.05) is 19.2 Å². The minimum atomic E-state index is -0.302. The third kappa shape index (κ3) is 3.63. The molecule has 0 bridgehead atoms. The lowest BCUT2D eigenvalue weighted by molar-refractivity contribution is 0.0997. The van der Waals surface area contributed by atoms with Crippen molar-refractivity contribution in [3.8, 4) is 11.5 Å². The lowest BCUT2D eigenvalue weighted by Crippen LogP contribution is -2.19. The molecule has 0 atom stereocenters. The standard InChI is InChI=1S/C19H20N2O4S/c1-23-12-11-21-17-15(25-3)5-4-6-16(17)26-19(21)20-18(22)13-7-9-14(24-2)10-8-13/h4-10H,11-12H2,1-3H3. The molecule has 0 aliphatic heterocycles. The summed E-state index contributed by atoms with van der Waals surface area (Å²) in [5, 5.41) is 0. The molecule has 0 saturated heterocycles. The van der Waals surface area contributed by atoms with Gasteiger partial charge in [-0.3, -0.25) is 4.79 Å². The highest BCUT2D eigenvalue weighted by Gasteiger charge is 2.13. The predicted molar refractivity (Wildman–Crippen MR) is 101 cm³/mol. The van der Waals surface area contributed by atoms with Crippen LogP contribution in [0.5, 0.6) is 11.5 Å². The van der Waals surface area contributed by atoms with Crippen molar-refractivity contribution in [2.45, 2.75) is 6.54 Å². The van der Waals surface area contributed by atoms with E-state index in [0.717, 1.165) is 16.0 Å². The first-order valence-electron chi connectivity index (χ1n) is 8.06. The molecule has 3 aromatic rings. The van der Waals surface area contributed by atoms with E-state index in [0.29, 0.717) is 29.3 Å². The van der Waals surface area contributed by atoms with Gasteiger partial charge in [-0.1, -0.05) is 17.4 Å². The van der Waals surface area contributed by atoms with E-state index in [1.807, 2.05) is 22.8 Å². The molecule has 0 saturated carbocycles. The average molecular weight is 372 g/mol. The van der Waals surface area contributed by atoms with Crippen molar-refractivity contribution in [3.05, 3.63) is 52.8 Å². The Labute approximate surface area is 155 Å². The first-order valence-corrected chi connectivity index (χ1v) is 8.88. The minimum Gasteiger partial charge on any atom is -0.497 e. The number of carbonyl (C=O) groups excluding carboxylic acids is 1. The zero-order valence-electron chi connectivity index (χ0n) is 14.9. The van der Waals surface area contributed by atoms with E-state index < -0.39 is 0 Å². The van der Waals surface area contributed by atoms with Crippen molar-refractivity contribution < 1.29 is 19.0 Å². The first-order chi connectivity index (χ1) is 12.7. The van der Waals surface area contributed by atoms with Crippen molar-refractivity contribution in [2.75, 3.05) is 27.9 Å². The molecule has 7 heteroatoms. The van der Waals surface area contributed by atoms with Crippen LogP contribution in [0.4, 0.5) is 0 Å². The number of ether oxygens (including phenoxy) is 3. The third-order valence-corrected chi connectivity index (χ3v) is 4.98. The van der Waals surface area contributed by atoms with Gasteiger partial charge in [-0.15, -0.1) is 0 Å². The quantitative estimate of drug-likeness (QED) is 0.667. The number of thiazole rings is 1. The SMILES string of the molecule is COCCn1c(=NC(=O)c2ccc(OC)cc2)sc2cccc(OC)c21. The van der Waals surface area contributed by atoms with Gasteiger partial charge in [0.15, 0.2) is 4.80 Å². The maximum atomic E-state index is 12.6. The molecule has 0 N–H and O–H groups in total. The summed E-state index contributed by atoms with van der Waals surface area (Å²) >= 11 is 1.45. The van der Waals surface area contributed by atoms with Gasteiger partial charge in [-0.2, -0.15) is 4.99 Å². The normalized spacial score (nSPS) is 11.7. The van der Waals surface area contributed by atoms with Crippen LogP contribution in [0.1, 0.15) is 10.4 Å². The van der Waals surface area contributed by atoms with Gasteiger partial charge in [0.25, 0.3) is 5.91 Å². The number of amides is 1. The summed E-state index contributed by atoms with van der Waals surface area (Å²) in [5.74, 6) is 1.14. The van der Waals surface area contributed by atoms with E-state index in [4.69, 9.17) is 14.2 Å². The Morgan fingerprint density at radius 2 is 1.85 bits per heavy atom. The molecule has 1 heterocycles. The number of carbonyl (C=O) groups is 1. The number of para-hydroxylation sites is 1. The smallest absolute Gasteiger partial charge is 0.279 e. The number of aromatic nitrogens is 1. The van der Waals surface area contributed by atoms with Crippen LogP contribution >= 0.6 is 11.3 Å². The second-order valence-corrected chi connectivity index (χ2v) is 6.49. The molecule has 0 aliphatic rings. The molecular formula is C19H20N2O4S. The number of hydrogen-bond acceptors (Lipinski definition) is 5. The molecule has 1 aromatic heterocycles. The fourth-order valence-electron chi connectivity index (χ4n) is 2.62. The Morgan fingerprint density at radius 1 is 1.08 bits per heavy atom. The monoisotopic (exact) mass is 372 g/mol. The molecule has 0 spiro atoms. The summed E-state index contributed by atoms with van der Waals surface area (Å²) < 4.78 is 18.8. The zero-order valence-corrected chi connectivity index (χ0v) is 15.7. The average Bonchev–Trinajstić information content (AvgIpc) is 3.03. The molecule has 6 nitrogen and oxygen atoms in total. The van der Waals surface area contributed by atoms with Crippen LogP contribution in [0.15, 0.2) is 47.5 Å². The maximum absolute atomic E-state index is 12.6. The second kappa shape index (κ2) is 8.16. The van der Waals surface area contributed by atoms with Gasteiger partial charge < -0.3 is 18.8 Å². The Morgan fingerprint density at radius 3 is 2.50 bits per heavy atom. The molecule has 0 fully saturated rings. The van der Waals surface area contributed by atoms with E-state index in [1.54, 1.807) is 45.6 Å². The molecule has 136 valence electrons. The molecule has 0 radical (unpaired) electrons. The highest BCUT2D eigenvalue weighted by Crippen LogP contribution is 2.27. The lowest BCUT2D eigenvalue weighted by atomic mass is 10.2. The van der Waals surface area contributed by atoms with Gasteiger partial charge in [0.1, 0.15) is 17.0 Å². The molecule has 26 heavy (non-hydrogen) atoms. The Balaban J connectivity index is 2.09. The van der Waals surface area contributed by atoms with E-state index in [-0.39, 0.29) is 5.91 Å². The van der Waals surface area contributed by atoms with Crippen LogP contribution < -0.4 is 14.3 Å². The lowest BCUT2D eigenvalue weighted by Gasteiger charge is -2.08. The minimum absolute atomic E-state index is 0.302. The van der Waals surface area contributed by atoms with Gasteiger partial charge in [0.2, 0.25) is 0 Å². The molecule has 1 amide bonds. The fourth-order valence-corrected chi connectivity index (χ4v) is 3.69.